The number of carbonyl (C=O) groups excluding carboxylic acids is 1. The monoisotopic (exact) mass is 413 g/mol. The molecule has 3 fully saturated rings. The second-order valence-corrected chi connectivity index (χ2v) is 10.2. The zero-order valence-electron chi connectivity index (χ0n) is 19.1. The Labute approximate surface area is 182 Å². The molecule has 1 amide bonds. The molecule has 5 heteroatoms. The van der Waals surface area contributed by atoms with Gasteiger partial charge in [0.25, 0.3) is 0 Å². The number of aryl methyl sites for hydroxylation is 1. The van der Waals surface area contributed by atoms with Crippen LogP contribution in [0.1, 0.15) is 64.4 Å². The number of hydrogen-bond acceptors (Lipinski definition) is 4. The first-order chi connectivity index (χ1) is 14.3. The van der Waals surface area contributed by atoms with Crippen LogP contribution in [-0.4, -0.2) is 70.7 Å². The minimum absolute atomic E-state index is 0.0977. The summed E-state index contributed by atoms with van der Waals surface area (Å²) in [6.45, 7) is 10.6. The molecule has 0 aliphatic carbocycles. The molecule has 2 atom stereocenters. The summed E-state index contributed by atoms with van der Waals surface area (Å²) in [5.74, 6) is 0.205. The fraction of sp³-hybridized carbons (Fsp3) is 0.720. The fourth-order valence-corrected chi connectivity index (χ4v) is 6.21. The Morgan fingerprint density at radius 3 is 2.40 bits per heavy atom. The van der Waals surface area contributed by atoms with E-state index < -0.39 is 5.60 Å². The molecule has 0 unspecified atom stereocenters. The average molecular weight is 414 g/mol. The quantitative estimate of drug-likeness (QED) is 0.823. The second-order valence-electron chi connectivity index (χ2n) is 10.2. The van der Waals surface area contributed by atoms with Crippen LogP contribution in [0.25, 0.3) is 0 Å². The molecule has 1 aromatic carbocycles. The van der Waals surface area contributed by atoms with Crippen molar-refractivity contribution in [2.75, 3.05) is 37.6 Å². The number of likely N-dealkylation sites (tertiary alicyclic amines) is 2. The van der Waals surface area contributed by atoms with Crippen molar-refractivity contribution in [2.24, 2.45) is 0 Å². The lowest BCUT2D eigenvalue weighted by atomic mass is 9.78. The molecule has 3 saturated heterocycles. The van der Waals surface area contributed by atoms with Crippen molar-refractivity contribution in [3.8, 4) is 0 Å². The number of benzene rings is 1. The highest BCUT2D eigenvalue weighted by atomic mass is 16.3. The predicted octanol–water partition coefficient (Wildman–Crippen LogP) is 3.58. The molecule has 30 heavy (non-hydrogen) atoms. The van der Waals surface area contributed by atoms with Crippen molar-refractivity contribution >= 4 is 11.6 Å². The molecule has 0 saturated carbocycles. The first kappa shape index (κ1) is 21.6. The number of piperidine rings is 2. The Morgan fingerprint density at radius 2 is 1.73 bits per heavy atom. The summed E-state index contributed by atoms with van der Waals surface area (Å²) in [6, 6.07) is 9.07. The van der Waals surface area contributed by atoms with Crippen molar-refractivity contribution in [1.29, 1.82) is 0 Å². The van der Waals surface area contributed by atoms with E-state index in [1.54, 1.807) is 6.92 Å². The highest BCUT2D eigenvalue weighted by Gasteiger charge is 2.48. The predicted molar refractivity (Wildman–Crippen MR) is 122 cm³/mol. The van der Waals surface area contributed by atoms with Crippen LogP contribution in [-0.2, 0) is 4.79 Å². The van der Waals surface area contributed by atoms with Crippen molar-refractivity contribution in [3.63, 3.8) is 0 Å². The minimum atomic E-state index is -0.632. The molecular weight excluding hydrogens is 374 g/mol. The summed E-state index contributed by atoms with van der Waals surface area (Å²) in [5.41, 5.74) is 1.81. The van der Waals surface area contributed by atoms with Crippen LogP contribution >= 0.6 is 0 Å². The van der Waals surface area contributed by atoms with Crippen LogP contribution in [0.3, 0.4) is 0 Å². The van der Waals surface area contributed by atoms with E-state index in [2.05, 4.69) is 52.8 Å². The van der Waals surface area contributed by atoms with Gasteiger partial charge in [-0.25, -0.2) is 0 Å². The zero-order chi connectivity index (χ0) is 21.4. The van der Waals surface area contributed by atoms with Crippen LogP contribution < -0.4 is 4.90 Å². The van der Waals surface area contributed by atoms with Gasteiger partial charge in [0.1, 0.15) is 0 Å². The number of β-amino-alcohol motifs (C(OH)–C–C–N with tert-alkyl or cyclic N) is 1. The highest BCUT2D eigenvalue weighted by Crippen LogP contribution is 2.40. The summed E-state index contributed by atoms with van der Waals surface area (Å²) in [7, 11) is 0. The number of hydrogen-bond donors (Lipinski definition) is 1. The van der Waals surface area contributed by atoms with Gasteiger partial charge >= 0.3 is 0 Å². The molecular formula is C25H39N3O2. The summed E-state index contributed by atoms with van der Waals surface area (Å²) >= 11 is 0. The Bertz CT molecular complexity index is 741. The Balaban J connectivity index is 1.44. The minimum Gasteiger partial charge on any atom is -0.388 e. The zero-order valence-corrected chi connectivity index (χ0v) is 19.1. The summed E-state index contributed by atoms with van der Waals surface area (Å²) in [4.78, 5) is 19.5. The van der Waals surface area contributed by atoms with Gasteiger partial charge in [-0.15, -0.1) is 0 Å². The summed E-state index contributed by atoms with van der Waals surface area (Å²) < 4.78 is 0. The third kappa shape index (κ3) is 4.24. The van der Waals surface area contributed by atoms with E-state index in [1.807, 2.05) is 0 Å². The standard InChI is InChI=1S/C25H39N3O2/c1-20-8-10-22(11-9-20)26-17-13-25(30,14-18-26)19-27-15-6-12-24(3)23(27)7-4-5-16-28(24)21(2)29/h8-11,23,30H,4-7,12-19H2,1-3H3/t23-,24-/m0/s1. The lowest BCUT2D eigenvalue weighted by Crippen LogP contribution is -2.66. The Morgan fingerprint density at radius 1 is 1.03 bits per heavy atom. The first-order valence-corrected chi connectivity index (χ1v) is 11.9. The van der Waals surface area contributed by atoms with E-state index in [1.165, 1.54) is 17.7 Å². The third-order valence-corrected chi connectivity index (χ3v) is 7.98. The van der Waals surface area contributed by atoms with Crippen LogP contribution in [0.2, 0.25) is 0 Å². The Hall–Kier alpha value is -1.59. The maximum atomic E-state index is 12.4. The van der Waals surface area contributed by atoms with Gasteiger partial charge in [0.05, 0.1) is 11.1 Å². The molecule has 166 valence electrons. The number of fused-ring (bicyclic) bond motifs is 1. The van der Waals surface area contributed by atoms with Crippen molar-refractivity contribution < 1.29 is 9.90 Å². The van der Waals surface area contributed by atoms with Gasteiger partial charge in [0.15, 0.2) is 0 Å². The van der Waals surface area contributed by atoms with Crippen molar-refractivity contribution in [1.82, 2.24) is 9.80 Å². The second kappa shape index (κ2) is 8.51. The number of aliphatic hydroxyl groups is 1. The van der Waals surface area contributed by atoms with E-state index in [4.69, 9.17) is 0 Å². The van der Waals surface area contributed by atoms with Gasteiger partial charge in [0, 0.05) is 44.8 Å². The van der Waals surface area contributed by atoms with Gasteiger partial charge in [0.2, 0.25) is 5.91 Å². The first-order valence-electron chi connectivity index (χ1n) is 11.9. The highest BCUT2D eigenvalue weighted by molar-refractivity contribution is 5.74. The maximum Gasteiger partial charge on any atom is 0.219 e. The van der Waals surface area contributed by atoms with E-state index in [0.717, 1.165) is 71.2 Å². The lowest BCUT2D eigenvalue weighted by molar-refractivity contribution is -0.141. The summed E-state index contributed by atoms with van der Waals surface area (Å²) in [6.07, 6.45) is 7.17. The molecule has 3 aliphatic heterocycles. The van der Waals surface area contributed by atoms with E-state index >= 15 is 0 Å². The fourth-order valence-electron chi connectivity index (χ4n) is 6.21. The van der Waals surface area contributed by atoms with E-state index in [0.29, 0.717) is 6.04 Å². The molecule has 0 spiro atoms. The molecule has 0 bridgehead atoms. The van der Waals surface area contributed by atoms with Crippen LogP contribution in [0.15, 0.2) is 24.3 Å². The van der Waals surface area contributed by atoms with Crippen LogP contribution in [0.4, 0.5) is 5.69 Å². The number of nitrogens with zero attached hydrogens (tertiary/aromatic N) is 3. The molecule has 0 radical (unpaired) electrons. The van der Waals surface area contributed by atoms with Gasteiger partial charge in [-0.2, -0.15) is 0 Å². The molecule has 3 heterocycles. The largest absolute Gasteiger partial charge is 0.388 e. The molecule has 3 aliphatic rings. The number of rotatable bonds is 3. The summed E-state index contributed by atoms with van der Waals surface area (Å²) in [5, 5.41) is 11.5. The van der Waals surface area contributed by atoms with Gasteiger partial charge in [-0.1, -0.05) is 24.1 Å². The van der Waals surface area contributed by atoms with Crippen LogP contribution in [0, 0.1) is 6.92 Å². The van der Waals surface area contributed by atoms with Crippen molar-refractivity contribution in [2.45, 2.75) is 82.9 Å². The molecule has 1 aromatic rings. The molecule has 5 nitrogen and oxygen atoms in total. The van der Waals surface area contributed by atoms with Gasteiger partial charge in [-0.3, -0.25) is 9.69 Å². The number of amides is 1. The van der Waals surface area contributed by atoms with Crippen LogP contribution in [0.5, 0.6) is 0 Å². The molecule has 0 aromatic heterocycles. The molecule has 1 N–H and O–H groups in total. The topological polar surface area (TPSA) is 47.0 Å². The number of anilines is 1. The lowest BCUT2D eigenvalue weighted by Gasteiger charge is -2.54. The molecule has 4 rings (SSSR count). The smallest absolute Gasteiger partial charge is 0.219 e. The van der Waals surface area contributed by atoms with E-state index in [-0.39, 0.29) is 11.4 Å². The third-order valence-electron chi connectivity index (χ3n) is 7.98. The number of carbonyl (C=O) groups is 1. The Kier molecular flexibility index (Phi) is 6.13. The SMILES string of the molecule is CC(=O)N1CCCC[C@@H]2N(CC3(O)CCN(c4ccc(C)cc4)CC3)CCC[C@@]21C. The van der Waals surface area contributed by atoms with E-state index in [9.17, 15) is 9.90 Å². The van der Waals surface area contributed by atoms with Gasteiger partial charge < -0.3 is 14.9 Å². The van der Waals surface area contributed by atoms with Crippen molar-refractivity contribution in [3.05, 3.63) is 29.8 Å². The van der Waals surface area contributed by atoms with Gasteiger partial charge in [-0.05, 0) is 71.0 Å². The maximum absolute atomic E-state index is 12.4. The normalized spacial score (nSPS) is 29.9. The average Bonchev–Trinajstić information content (AvgIpc) is 2.88.